The number of nitrogens with one attached hydrogen (secondary N) is 1. The van der Waals surface area contributed by atoms with Crippen molar-refractivity contribution in [3.05, 3.63) is 83.4 Å². The summed E-state index contributed by atoms with van der Waals surface area (Å²) in [6, 6.07) is 23.3. The van der Waals surface area contributed by atoms with Crippen LogP contribution in [0.25, 0.3) is 0 Å². The Labute approximate surface area is 163 Å². The molecule has 1 amide bonds. The summed E-state index contributed by atoms with van der Waals surface area (Å²) < 4.78 is 5.46. The molecule has 0 fully saturated rings. The van der Waals surface area contributed by atoms with E-state index in [1.807, 2.05) is 24.3 Å². The molecule has 0 saturated carbocycles. The zero-order valence-corrected chi connectivity index (χ0v) is 15.4. The highest BCUT2D eigenvalue weighted by atomic mass is 35.5. The number of para-hydroxylation sites is 1. The van der Waals surface area contributed by atoms with Crippen LogP contribution in [-0.4, -0.2) is 19.1 Å². The second-order valence-electron chi connectivity index (χ2n) is 6.37. The van der Waals surface area contributed by atoms with Crippen LogP contribution >= 0.6 is 11.6 Å². The Morgan fingerprint density at radius 1 is 1.00 bits per heavy atom. The molecule has 1 aliphatic heterocycles. The molecule has 1 heterocycles. The van der Waals surface area contributed by atoms with Gasteiger partial charge in [0.1, 0.15) is 5.75 Å². The van der Waals surface area contributed by atoms with Gasteiger partial charge < -0.3 is 15.0 Å². The Morgan fingerprint density at radius 3 is 2.52 bits per heavy atom. The molecule has 3 aromatic carbocycles. The molecule has 4 rings (SSSR count). The first-order valence-corrected chi connectivity index (χ1v) is 9.20. The van der Waals surface area contributed by atoms with Crippen LogP contribution in [0.15, 0.2) is 72.8 Å². The van der Waals surface area contributed by atoms with E-state index in [0.717, 1.165) is 24.3 Å². The van der Waals surface area contributed by atoms with Crippen molar-refractivity contribution in [2.75, 3.05) is 23.4 Å². The van der Waals surface area contributed by atoms with E-state index in [9.17, 15) is 4.79 Å². The van der Waals surface area contributed by atoms with Gasteiger partial charge in [-0.3, -0.25) is 4.79 Å². The van der Waals surface area contributed by atoms with Crippen molar-refractivity contribution < 1.29 is 9.53 Å². The fraction of sp³-hybridized carbons (Fsp3) is 0.136. The van der Waals surface area contributed by atoms with Gasteiger partial charge in [-0.25, -0.2) is 0 Å². The lowest BCUT2D eigenvalue weighted by atomic mass is 10.2. The van der Waals surface area contributed by atoms with E-state index in [1.165, 1.54) is 11.3 Å². The Bertz CT molecular complexity index is 939. The van der Waals surface area contributed by atoms with Crippen LogP contribution in [0.5, 0.6) is 5.75 Å². The maximum Gasteiger partial charge on any atom is 0.262 e. The minimum Gasteiger partial charge on any atom is -0.484 e. The SMILES string of the molecule is O=C(COc1ccc(Cl)cc1)Nc1ccc(N2CCc3ccccc32)cc1. The number of ether oxygens (including phenoxy) is 1. The maximum absolute atomic E-state index is 12.1. The normalized spacial score (nSPS) is 12.6. The van der Waals surface area contributed by atoms with Crippen molar-refractivity contribution in [2.45, 2.75) is 6.42 Å². The van der Waals surface area contributed by atoms with Crippen molar-refractivity contribution in [3.8, 4) is 5.75 Å². The number of carbonyl (C=O) groups excluding carboxylic acids is 1. The van der Waals surface area contributed by atoms with Gasteiger partial charge >= 0.3 is 0 Å². The number of amides is 1. The first-order chi connectivity index (χ1) is 13.2. The lowest BCUT2D eigenvalue weighted by molar-refractivity contribution is -0.118. The van der Waals surface area contributed by atoms with E-state index in [0.29, 0.717) is 10.8 Å². The van der Waals surface area contributed by atoms with Gasteiger partial charge in [-0.1, -0.05) is 29.8 Å². The molecule has 0 bridgehead atoms. The first-order valence-electron chi connectivity index (χ1n) is 8.83. The molecule has 136 valence electrons. The number of rotatable bonds is 5. The number of halogens is 1. The molecule has 0 unspecified atom stereocenters. The third kappa shape index (κ3) is 4.07. The number of benzene rings is 3. The van der Waals surface area contributed by atoms with Crippen molar-refractivity contribution >= 4 is 34.6 Å². The lowest BCUT2D eigenvalue weighted by Crippen LogP contribution is -2.20. The monoisotopic (exact) mass is 378 g/mol. The van der Waals surface area contributed by atoms with Crippen molar-refractivity contribution in [1.82, 2.24) is 0 Å². The van der Waals surface area contributed by atoms with Gasteiger partial charge in [0, 0.05) is 28.6 Å². The molecule has 5 heteroatoms. The third-order valence-corrected chi connectivity index (χ3v) is 4.79. The molecule has 0 atom stereocenters. The maximum atomic E-state index is 12.1. The Balaban J connectivity index is 1.35. The molecule has 27 heavy (non-hydrogen) atoms. The largest absolute Gasteiger partial charge is 0.484 e. The van der Waals surface area contributed by atoms with Crippen LogP contribution < -0.4 is 15.0 Å². The fourth-order valence-corrected chi connectivity index (χ4v) is 3.33. The van der Waals surface area contributed by atoms with Gasteiger partial charge in [-0.05, 0) is 66.6 Å². The molecule has 0 saturated heterocycles. The topological polar surface area (TPSA) is 41.6 Å². The van der Waals surface area contributed by atoms with E-state index in [4.69, 9.17) is 16.3 Å². The zero-order valence-electron chi connectivity index (χ0n) is 14.7. The predicted molar refractivity (Wildman–Crippen MR) is 109 cm³/mol. The van der Waals surface area contributed by atoms with E-state index in [1.54, 1.807) is 24.3 Å². The van der Waals surface area contributed by atoms with Crippen LogP contribution in [0, 0.1) is 0 Å². The van der Waals surface area contributed by atoms with Gasteiger partial charge in [0.2, 0.25) is 0 Å². The minimum atomic E-state index is -0.204. The molecule has 4 nitrogen and oxygen atoms in total. The predicted octanol–water partition coefficient (Wildman–Crippen LogP) is 5.05. The molecule has 1 aliphatic rings. The fourth-order valence-electron chi connectivity index (χ4n) is 3.21. The molecular formula is C22H19ClN2O2. The third-order valence-electron chi connectivity index (χ3n) is 4.53. The molecule has 0 aromatic heterocycles. The highest BCUT2D eigenvalue weighted by Crippen LogP contribution is 2.34. The summed E-state index contributed by atoms with van der Waals surface area (Å²) in [5.74, 6) is 0.404. The number of fused-ring (bicyclic) bond motifs is 1. The van der Waals surface area contributed by atoms with Crippen molar-refractivity contribution in [3.63, 3.8) is 0 Å². The summed E-state index contributed by atoms with van der Waals surface area (Å²) in [6.45, 7) is 0.920. The van der Waals surface area contributed by atoms with Gasteiger partial charge in [0.05, 0.1) is 0 Å². The quantitative estimate of drug-likeness (QED) is 0.675. The Kier molecular flexibility index (Phi) is 4.99. The highest BCUT2D eigenvalue weighted by molar-refractivity contribution is 6.30. The standard InChI is InChI=1S/C22H19ClN2O2/c23-17-5-11-20(12-6-17)27-15-22(26)24-18-7-9-19(10-8-18)25-14-13-16-3-1-2-4-21(16)25/h1-12H,13-15H2,(H,24,26). The number of hydrogen-bond donors (Lipinski definition) is 1. The molecule has 0 aliphatic carbocycles. The Hall–Kier alpha value is -2.98. The molecule has 1 N–H and O–H groups in total. The average molecular weight is 379 g/mol. The summed E-state index contributed by atoms with van der Waals surface area (Å²) in [5.41, 5.74) is 4.49. The summed E-state index contributed by atoms with van der Waals surface area (Å²) in [5, 5.41) is 3.48. The zero-order chi connectivity index (χ0) is 18.6. The number of carbonyl (C=O) groups is 1. The summed E-state index contributed by atoms with van der Waals surface area (Å²) in [6.07, 6.45) is 1.05. The molecular weight excluding hydrogens is 360 g/mol. The summed E-state index contributed by atoms with van der Waals surface area (Å²) in [7, 11) is 0. The van der Waals surface area contributed by atoms with Gasteiger partial charge in [0.25, 0.3) is 5.91 Å². The van der Waals surface area contributed by atoms with E-state index in [2.05, 4.69) is 34.5 Å². The lowest BCUT2D eigenvalue weighted by Gasteiger charge is -2.20. The first kappa shape index (κ1) is 17.4. The smallest absolute Gasteiger partial charge is 0.262 e. The van der Waals surface area contributed by atoms with Gasteiger partial charge in [0.15, 0.2) is 6.61 Å². The number of hydrogen-bond acceptors (Lipinski definition) is 3. The van der Waals surface area contributed by atoms with Crippen LogP contribution in [0.3, 0.4) is 0 Å². The summed E-state index contributed by atoms with van der Waals surface area (Å²) >= 11 is 5.83. The van der Waals surface area contributed by atoms with Crippen LogP contribution in [0.2, 0.25) is 5.02 Å². The highest BCUT2D eigenvalue weighted by Gasteiger charge is 2.19. The van der Waals surface area contributed by atoms with Crippen LogP contribution in [0.4, 0.5) is 17.1 Å². The van der Waals surface area contributed by atoms with Crippen molar-refractivity contribution in [2.24, 2.45) is 0 Å². The number of anilines is 3. The Morgan fingerprint density at radius 2 is 1.74 bits per heavy atom. The van der Waals surface area contributed by atoms with E-state index >= 15 is 0 Å². The number of nitrogens with zero attached hydrogens (tertiary/aromatic N) is 1. The van der Waals surface area contributed by atoms with Crippen LogP contribution in [0.1, 0.15) is 5.56 Å². The minimum absolute atomic E-state index is 0.0527. The average Bonchev–Trinajstić information content (AvgIpc) is 3.12. The summed E-state index contributed by atoms with van der Waals surface area (Å²) in [4.78, 5) is 14.4. The van der Waals surface area contributed by atoms with Gasteiger partial charge in [-0.15, -0.1) is 0 Å². The van der Waals surface area contributed by atoms with E-state index < -0.39 is 0 Å². The molecule has 0 radical (unpaired) electrons. The van der Waals surface area contributed by atoms with E-state index in [-0.39, 0.29) is 12.5 Å². The second-order valence-corrected chi connectivity index (χ2v) is 6.80. The molecule has 0 spiro atoms. The molecule has 3 aromatic rings. The van der Waals surface area contributed by atoms with Crippen molar-refractivity contribution in [1.29, 1.82) is 0 Å². The van der Waals surface area contributed by atoms with Crippen LogP contribution in [-0.2, 0) is 11.2 Å². The van der Waals surface area contributed by atoms with Gasteiger partial charge in [-0.2, -0.15) is 0 Å². The second kappa shape index (κ2) is 7.72.